The van der Waals surface area contributed by atoms with E-state index in [1.807, 2.05) is 30.6 Å². The van der Waals surface area contributed by atoms with E-state index in [2.05, 4.69) is 75.4 Å². The molecule has 3 N–H and O–H groups in total. The molecule has 2 aromatic carbocycles. The maximum absolute atomic E-state index is 13.5. The summed E-state index contributed by atoms with van der Waals surface area (Å²) >= 11 is 3.27. The van der Waals surface area contributed by atoms with E-state index >= 15 is 0 Å². The zero-order valence-corrected chi connectivity index (χ0v) is 39.2. The highest BCUT2D eigenvalue weighted by Gasteiger charge is 2.34. The van der Waals surface area contributed by atoms with Crippen LogP contribution in [-0.2, 0) is 48.4 Å². The Morgan fingerprint density at radius 2 is 1.26 bits per heavy atom. The van der Waals surface area contributed by atoms with Crippen LogP contribution in [0, 0.1) is 11.8 Å². The Morgan fingerprint density at radius 1 is 0.742 bits per heavy atom. The molecule has 3 aliphatic heterocycles. The van der Waals surface area contributed by atoms with Crippen LogP contribution in [0.2, 0.25) is 0 Å². The molecule has 1 saturated heterocycles. The standard InChI is InChI=1S/C28H35N7O2S.C20H18N4O3S/c1-33(2)6-7-34-8-10-35(11-9-34)28(36)18-4-5-21-24(14-18)38-27-25(21)26(30-17-31-27)32-22-12-19-15-29-16-20(19)13-23(22)37-3;1-27-15-5-12-8-21-7-11(12)4-14(15)24-18-17-13-3-2-10(20(25)26)6-16(13)28-19(17)23-9-22-18/h12-13,15,17-18H,4-11,14,16H2,1-3H3,(H,30,31,32);4-5,7,9-10H,2-3,6,8H2,1H3,(H,25,26)(H,22,23,24)/t18-;10-/m00/s1. The average Bonchev–Trinajstić information content (AvgIpc) is 4.15. The molecule has 18 heteroatoms. The van der Waals surface area contributed by atoms with Crippen LogP contribution in [0.1, 0.15) is 56.0 Å². The van der Waals surface area contributed by atoms with Gasteiger partial charge in [0.15, 0.2) is 0 Å². The van der Waals surface area contributed by atoms with E-state index in [-0.39, 0.29) is 11.8 Å². The van der Waals surface area contributed by atoms with E-state index in [1.54, 1.807) is 49.5 Å². The number of aliphatic imine (C=N–C) groups is 2. The number of hydrogen-bond donors (Lipinski definition) is 3. The predicted molar refractivity (Wildman–Crippen MR) is 260 cm³/mol. The average molecular weight is 928 g/mol. The van der Waals surface area contributed by atoms with Crippen LogP contribution in [0.3, 0.4) is 0 Å². The minimum atomic E-state index is -0.725. The van der Waals surface area contributed by atoms with Crippen LogP contribution in [0.5, 0.6) is 11.5 Å². The molecule has 0 radical (unpaired) electrons. The number of carbonyl (C=O) groups is 2. The fraction of sp³-hybridized carbons (Fsp3) is 0.417. The molecule has 6 aromatic rings. The van der Waals surface area contributed by atoms with E-state index in [0.29, 0.717) is 31.8 Å². The fourth-order valence-corrected chi connectivity index (χ4v) is 12.2. The van der Waals surface area contributed by atoms with Crippen molar-refractivity contribution in [3.63, 3.8) is 0 Å². The number of anilines is 4. The van der Waals surface area contributed by atoms with Gasteiger partial charge in [0.1, 0.15) is 45.5 Å². The number of amides is 1. The van der Waals surface area contributed by atoms with Crippen molar-refractivity contribution >= 4 is 90.4 Å². The normalized spacial score (nSPS) is 18.4. The van der Waals surface area contributed by atoms with E-state index in [4.69, 9.17) is 9.47 Å². The van der Waals surface area contributed by atoms with Crippen LogP contribution in [0.4, 0.5) is 23.0 Å². The van der Waals surface area contributed by atoms with Crippen molar-refractivity contribution in [1.29, 1.82) is 0 Å². The molecule has 66 heavy (non-hydrogen) atoms. The molecule has 0 saturated carbocycles. The lowest BCUT2D eigenvalue weighted by Gasteiger charge is -2.37. The van der Waals surface area contributed by atoms with Gasteiger partial charge in [0.2, 0.25) is 5.91 Å². The lowest BCUT2D eigenvalue weighted by molar-refractivity contribution is -0.142. The highest BCUT2D eigenvalue weighted by molar-refractivity contribution is 7.19. The number of carboxylic acid groups (broad SMARTS) is 1. The third-order valence-electron chi connectivity index (χ3n) is 13.3. The van der Waals surface area contributed by atoms with Gasteiger partial charge < -0.3 is 35.0 Å². The summed E-state index contributed by atoms with van der Waals surface area (Å²) in [4.78, 5) is 62.7. The number of piperazine rings is 1. The summed E-state index contributed by atoms with van der Waals surface area (Å²) in [5.41, 5.74) is 8.63. The molecule has 7 heterocycles. The van der Waals surface area contributed by atoms with Gasteiger partial charge in [-0.3, -0.25) is 24.5 Å². The molecule has 0 bridgehead atoms. The number of likely N-dealkylation sites (N-methyl/N-ethyl adjacent to an activating group) is 1. The van der Waals surface area contributed by atoms with Gasteiger partial charge in [-0.1, -0.05) is 0 Å². The van der Waals surface area contributed by atoms with Crippen molar-refractivity contribution in [3.8, 4) is 11.5 Å². The maximum atomic E-state index is 13.5. The monoisotopic (exact) mass is 927 g/mol. The number of nitrogens with one attached hydrogen (secondary N) is 2. The van der Waals surface area contributed by atoms with E-state index in [1.165, 1.54) is 21.6 Å². The second-order valence-corrected chi connectivity index (χ2v) is 19.9. The molecule has 2 aliphatic carbocycles. The van der Waals surface area contributed by atoms with E-state index < -0.39 is 5.97 Å². The molecule has 1 amide bonds. The number of fused-ring (bicyclic) bond motifs is 8. The van der Waals surface area contributed by atoms with E-state index in [0.717, 1.165) is 141 Å². The maximum Gasteiger partial charge on any atom is 0.306 e. The van der Waals surface area contributed by atoms with Crippen molar-refractivity contribution in [3.05, 3.63) is 80.1 Å². The second-order valence-electron chi connectivity index (χ2n) is 17.7. The first kappa shape index (κ1) is 43.8. The number of hydrogen-bond acceptors (Lipinski definition) is 16. The molecule has 11 rings (SSSR count). The number of methoxy groups -OCH3 is 2. The number of ether oxygens (including phenoxy) is 2. The van der Waals surface area contributed by atoms with Gasteiger partial charge in [0.25, 0.3) is 0 Å². The number of thiophene rings is 2. The highest BCUT2D eigenvalue weighted by atomic mass is 32.1. The van der Waals surface area contributed by atoms with Gasteiger partial charge in [-0.25, -0.2) is 19.9 Å². The number of aromatic nitrogens is 4. The van der Waals surface area contributed by atoms with Crippen LogP contribution in [0.15, 0.2) is 46.9 Å². The lowest BCUT2D eigenvalue weighted by Crippen LogP contribution is -2.51. The van der Waals surface area contributed by atoms with Crippen molar-refractivity contribution in [1.82, 2.24) is 34.6 Å². The number of carboxylic acids is 1. The molecule has 2 atom stereocenters. The summed E-state index contributed by atoms with van der Waals surface area (Å²) in [5, 5.41) is 18.4. The number of rotatable bonds is 11. The third-order valence-corrected chi connectivity index (χ3v) is 15.7. The Hall–Kier alpha value is -6.08. The van der Waals surface area contributed by atoms with Crippen molar-refractivity contribution in [2.75, 3.05) is 78.2 Å². The Bertz CT molecular complexity index is 2900. The van der Waals surface area contributed by atoms with Gasteiger partial charge in [-0.05, 0) is 110 Å². The van der Waals surface area contributed by atoms with Crippen molar-refractivity contribution < 1.29 is 24.2 Å². The zero-order valence-electron chi connectivity index (χ0n) is 37.6. The molecule has 342 valence electrons. The SMILES string of the molecule is COc1cc2c(cc1Nc1ncnc3sc4c(c13)CC[C@H](C(=O)N1CCN(CCN(C)C)CC1)C4)C=NC2.COc1cc2c(cc1Nc1ncnc3sc4c(c13)CC[C@H](C(=O)O)C4)C=NC2. The van der Waals surface area contributed by atoms with Crippen LogP contribution in [0.25, 0.3) is 20.4 Å². The molecule has 5 aliphatic rings. The van der Waals surface area contributed by atoms with Gasteiger partial charge in [-0.2, -0.15) is 0 Å². The minimum absolute atomic E-state index is 0.0457. The second kappa shape index (κ2) is 18.7. The summed E-state index contributed by atoms with van der Waals surface area (Å²) in [6.07, 6.45) is 11.4. The summed E-state index contributed by atoms with van der Waals surface area (Å²) in [7, 11) is 7.55. The predicted octanol–water partition coefficient (Wildman–Crippen LogP) is 6.75. The fourth-order valence-electron chi connectivity index (χ4n) is 9.69. The first-order chi connectivity index (χ1) is 32.1. The summed E-state index contributed by atoms with van der Waals surface area (Å²) in [6, 6.07) is 8.15. The first-order valence-corrected chi connectivity index (χ1v) is 24.1. The zero-order chi connectivity index (χ0) is 45.5. The van der Waals surface area contributed by atoms with Crippen molar-refractivity contribution in [2.24, 2.45) is 21.8 Å². The van der Waals surface area contributed by atoms with Crippen LogP contribution in [-0.4, -0.2) is 132 Å². The minimum Gasteiger partial charge on any atom is -0.495 e. The number of aliphatic carboxylic acids is 1. The molecular weight excluding hydrogens is 875 g/mol. The first-order valence-electron chi connectivity index (χ1n) is 22.5. The number of benzene rings is 2. The van der Waals surface area contributed by atoms with Crippen LogP contribution >= 0.6 is 22.7 Å². The topological polar surface area (TPSA) is 183 Å². The van der Waals surface area contributed by atoms with Gasteiger partial charge >= 0.3 is 5.97 Å². The molecule has 0 spiro atoms. The number of carbonyl (C=O) groups excluding carboxylic acids is 1. The molecule has 4 aromatic heterocycles. The number of nitrogens with zero attached hydrogens (tertiary/aromatic N) is 9. The highest BCUT2D eigenvalue weighted by Crippen LogP contribution is 2.44. The largest absolute Gasteiger partial charge is 0.495 e. The number of aryl methyl sites for hydroxylation is 2. The van der Waals surface area contributed by atoms with Gasteiger partial charge in [-0.15, -0.1) is 22.7 Å². The Morgan fingerprint density at radius 3 is 1.76 bits per heavy atom. The summed E-state index contributed by atoms with van der Waals surface area (Å²) < 4.78 is 11.2. The molecular formula is C48H53N11O5S2. The molecule has 1 fully saturated rings. The van der Waals surface area contributed by atoms with Crippen LogP contribution < -0.4 is 20.1 Å². The molecule has 16 nitrogen and oxygen atoms in total. The van der Waals surface area contributed by atoms with Gasteiger partial charge in [0, 0.05) is 67.4 Å². The van der Waals surface area contributed by atoms with Gasteiger partial charge in [0.05, 0.1) is 55.4 Å². The van der Waals surface area contributed by atoms with Crippen molar-refractivity contribution in [2.45, 2.75) is 51.6 Å². The molecule has 0 unspecified atom stereocenters. The smallest absolute Gasteiger partial charge is 0.306 e. The Kier molecular flexibility index (Phi) is 12.4. The Balaban J connectivity index is 0.000000162. The summed E-state index contributed by atoms with van der Waals surface area (Å²) in [6.45, 7) is 7.06. The van der Waals surface area contributed by atoms with E-state index in [9.17, 15) is 14.7 Å². The Labute approximate surface area is 390 Å². The third kappa shape index (κ3) is 8.69. The quantitative estimate of drug-likeness (QED) is 0.124. The lowest BCUT2D eigenvalue weighted by atomic mass is 9.86. The summed E-state index contributed by atoms with van der Waals surface area (Å²) in [5.74, 6) is 2.35.